The van der Waals surface area contributed by atoms with Crippen LogP contribution in [0, 0.1) is 0 Å². The van der Waals surface area contributed by atoms with Crippen LogP contribution < -0.4 is 15.1 Å². The summed E-state index contributed by atoms with van der Waals surface area (Å²) in [5.41, 5.74) is 0.826. The van der Waals surface area contributed by atoms with E-state index < -0.39 is 23.2 Å². The molecule has 178 valence electrons. The molecule has 0 aliphatic heterocycles. The lowest BCUT2D eigenvalue weighted by atomic mass is 9.95. The summed E-state index contributed by atoms with van der Waals surface area (Å²) in [6, 6.07) is 2.76. The predicted molar refractivity (Wildman–Crippen MR) is 118 cm³/mol. The number of hydroxylamine groups is 1. The zero-order valence-corrected chi connectivity index (χ0v) is 20.2. The molecule has 32 heavy (non-hydrogen) atoms. The second-order valence-corrected chi connectivity index (χ2v) is 10.4. The van der Waals surface area contributed by atoms with E-state index in [0.717, 1.165) is 23.1 Å². The van der Waals surface area contributed by atoms with Crippen molar-refractivity contribution in [1.82, 2.24) is 10.0 Å². The van der Waals surface area contributed by atoms with Gasteiger partial charge >= 0.3 is 6.18 Å². The number of nitrogens with zero attached hydrogens (tertiary/aromatic N) is 2. The minimum atomic E-state index is -4.61. The van der Waals surface area contributed by atoms with Gasteiger partial charge < -0.3 is 14.1 Å². The summed E-state index contributed by atoms with van der Waals surface area (Å²) >= 11 is 1.31. The Kier molecular flexibility index (Phi) is 7.96. The predicted octanol–water partition coefficient (Wildman–Crippen LogP) is 4.94. The monoisotopic (exact) mass is 473 g/mol. The second kappa shape index (κ2) is 9.76. The van der Waals surface area contributed by atoms with Crippen molar-refractivity contribution in [2.45, 2.75) is 65.2 Å². The van der Waals surface area contributed by atoms with Crippen molar-refractivity contribution < 1.29 is 27.5 Å². The second-order valence-electron chi connectivity index (χ2n) is 9.39. The summed E-state index contributed by atoms with van der Waals surface area (Å²) < 4.78 is 46.8. The van der Waals surface area contributed by atoms with Crippen LogP contribution in [0.1, 0.15) is 62.3 Å². The highest BCUT2D eigenvalue weighted by Crippen LogP contribution is 2.33. The van der Waals surface area contributed by atoms with E-state index in [-0.39, 0.29) is 16.7 Å². The molecule has 2 rings (SSSR count). The van der Waals surface area contributed by atoms with Gasteiger partial charge in [-0.05, 0) is 44.4 Å². The smallest absolute Gasteiger partial charge is 0.407 e. The first kappa shape index (κ1) is 26.1. The SMILES string of the molecule is COCCn1cc(C(C)(C)C)sc1=NC(=O)c1cc(C(F)(F)F)ccc1ONC(C)(C)C. The Morgan fingerprint density at radius 2 is 1.81 bits per heavy atom. The van der Waals surface area contributed by atoms with Gasteiger partial charge in [-0.2, -0.15) is 23.6 Å². The van der Waals surface area contributed by atoms with E-state index in [1.807, 2.05) is 47.7 Å². The molecule has 0 atom stereocenters. The normalized spacial score (nSPS) is 13.5. The van der Waals surface area contributed by atoms with Crippen molar-refractivity contribution in [1.29, 1.82) is 0 Å². The summed E-state index contributed by atoms with van der Waals surface area (Å²) in [7, 11) is 1.56. The number of hydrogen-bond donors (Lipinski definition) is 1. The molecule has 0 aliphatic carbocycles. The van der Waals surface area contributed by atoms with Crippen molar-refractivity contribution in [3.63, 3.8) is 0 Å². The number of ether oxygens (including phenoxy) is 1. The van der Waals surface area contributed by atoms with Crippen LogP contribution in [0.5, 0.6) is 5.75 Å². The Balaban J connectivity index is 2.57. The fraction of sp³-hybridized carbons (Fsp3) is 0.545. The van der Waals surface area contributed by atoms with E-state index in [9.17, 15) is 18.0 Å². The maximum atomic E-state index is 13.3. The van der Waals surface area contributed by atoms with Gasteiger partial charge in [-0.15, -0.1) is 11.3 Å². The topological polar surface area (TPSA) is 64.9 Å². The first-order chi connectivity index (χ1) is 14.6. The number of halogens is 3. The van der Waals surface area contributed by atoms with Gasteiger partial charge in [0.2, 0.25) is 0 Å². The van der Waals surface area contributed by atoms with Crippen LogP contribution in [0.25, 0.3) is 0 Å². The Hall–Kier alpha value is -2.17. The van der Waals surface area contributed by atoms with Crippen LogP contribution in [-0.2, 0) is 22.9 Å². The number of methoxy groups -OCH3 is 1. The average Bonchev–Trinajstić information content (AvgIpc) is 3.06. The molecule has 0 saturated carbocycles. The van der Waals surface area contributed by atoms with Gasteiger partial charge in [-0.1, -0.05) is 20.8 Å². The zero-order valence-electron chi connectivity index (χ0n) is 19.4. The summed E-state index contributed by atoms with van der Waals surface area (Å²) in [4.78, 5) is 24.0. The number of alkyl halides is 3. The molecule has 1 aromatic carbocycles. The first-order valence-corrected chi connectivity index (χ1v) is 10.9. The molecule has 1 amide bonds. The third-order valence-electron chi connectivity index (χ3n) is 4.20. The van der Waals surface area contributed by atoms with E-state index >= 15 is 0 Å². The lowest BCUT2D eigenvalue weighted by Crippen LogP contribution is -2.38. The highest BCUT2D eigenvalue weighted by atomic mass is 32.1. The maximum Gasteiger partial charge on any atom is 0.416 e. The fourth-order valence-corrected chi connectivity index (χ4v) is 3.55. The van der Waals surface area contributed by atoms with Crippen molar-refractivity contribution in [2.75, 3.05) is 13.7 Å². The number of thiazole rings is 1. The van der Waals surface area contributed by atoms with Gasteiger partial charge in [0.1, 0.15) is 0 Å². The molecule has 1 aromatic heterocycles. The highest BCUT2D eigenvalue weighted by molar-refractivity contribution is 7.09. The Bertz CT molecular complexity index is 1010. The van der Waals surface area contributed by atoms with Crippen molar-refractivity contribution in [3.8, 4) is 5.75 Å². The minimum absolute atomic E-state index is 0.0299. The van der Waals surface area contributed by atoms with Crippen LogP contribution in [0.2, 0.25) is 0 Å². The number of nitrogens with one attached hydrogen (secondary N) is 1. The molecule has 0 bridgehead atoms. The van der Waals surface area contributed by atoms with Gasteiger partial charge in [0.25, 0.3) is 5.91 Å². The quantitative estimate of drug-likeness (QED) is 0.604. The molecule has 2 aromatic rings. The summed E-state index contributed by atoms with van der Waals surface area (Å²) in [5, 5.41) is 0. The Morgan fingerprint density at radius 3 is 2.34 bits per heavy atom. The van der Waals surface area contributed by atoms with E-state index in [0.29, 0.717) is 18.0 Å². The Morgan fingerprint density at radius 1 is 1.16 bits per heavy atom. The number of amides is 1. The molecule has 1 N–H and O–H groups in total. The third kappa shape index (κ3) is 7.18. The van der Waals surface area contributed by atoms with Crippen molar-refractivity contribution in [2.24, 2.45) is 4.99 Å². The van der Waals surface area contributed by atoms with Gasteiger partial charge in [0.05, 0.1) is 17.7 Å². The lowest BCUT2D eigenvalue weighted by Gasteiger charge is -2.21. The van der Waals surface area contributed by atoms with Crippen LogP contribution >= 0.6 is 11.3 Å². The van der Waals surface area contributed by atoms with Crippen LogP contribution in [-0.4, -0.2) is 29.7 Å². The molecule has 10 heteroatoms. The van der Waals surface area contributed by atoms with Gasteiger partial charge in [-0.25, -0.2) is 0 Å². The van der Waals surface area contributed by atoms with Crippen molar-refractivity contribution >= 4 is 17.2 Å². The number of benzene rings is 1. The van der Waals surface area contributed by atoms with Crippen molar-refractivity contribution in [3.05, 3.63) is 45.2 Å². The molecule has 0 unspecified atom stereocenters. The highest BCUT2D eigenvalue weighted by Gasteiger charge is 2.32. The van der Waals surface area contributed by atoms with E-state index in [4.69, 9.17) is 9.57 Å². The maximum absolute atomic E-state index is 13.3. The molecule has 0 saturated heterocycles. The van der Waals surface area contributed by atoms with Crippen LogP contribution in [0.15, 0.2) is 29.4 Å². The van der Waals surface area contributed by atoms with Gasteiger partial charge in [-0.3, -0.25) is 4.79 Å². The zero-order chi connectivity index (χ0) is 24.3. The largest absolute Gasteiger partial charge is 0.416 e. The van der Waals surface area contributed by atoms with E-state index in [1.165, 1.54) is 11.3 Å². The number of hydrogen-bond acceptors (Lipinski definition) is 5. The Labute approximate surface area is 190 Å². The molecule has 0 fully saturated rings. The van der Waals surface area contributed by atoms with Gasteiger partial charge in [0.15, 0.2) is 10.6 Å². The molecule has 0 spiro atoms. The fourth-order valence-electron chi connectivity index (χ4n) is 2.48. The average molecular weight is 474 g/mol. The van der Waals surface area contributed by atoms with E-state index in [1.54, 1.807) is 11.7 Å². The number of rotatable bonds is 6. The summed E-state index contributed by atoms with van der Waals surface area (Å²) in [5.74, 6) is -0.854. The first-order valence-electron chi connectivity index (χ1n) is 10.1. The molecule has 1 heterocycles. The number of carbonyl (C=O) groups excluding carboxylic acids is 1. The third-order valence-corrected chi connectivity index (χ3v) is 5.64. The van der Waals surface area contributed by atoms with Gasteiger partial charge in [0, 0.05) is 30.3 Å². The number of carbonyl (C=O) groups is 1. The number of aromatic nitrogens is 1. The molecular weight excluding hydrogens is 443 g/mol. The van der Waals surface area contributed by atoms with Crippen LogP contribution in [0.3, 0.4) is 0 Å². The standard InChI is InChI=1S/C22H30F3N3O3S/c1-20(2,3)17-13-28(10-11-30-7)19(32-17)26-18(29)15-12-14(22(23,24)25)8-9-16(15)31-27-21(4,5)6/h8-9,12-13,27H,10-11H2,1-7H3. The summed E-state index contributed by atoms with van der Waals surface area (Å²) in [6.07, 6.45) is -2.72. The van der Waals surface area contributed by atoms with E-state index in [2.05, 4.69) is 10.5 Å². The minimum Gasteiger partial charge on any atom is -0.407 e. The molecular formula is C22H30F3N3O3S. The molecule has 0 radical (unpaired) electrons. The van der Waals surface area contributed by atoms with Crippen LogP contribution in [0.4, 0.5) is 13.2 Å². The molecule has 6 nitrogen and oxygen atoms in total. The lowest BCUT2D eigenvalue weighted by molar-refractivity contribution is -0.137. The molecule has 0 aliphatic rings. The summed E-state index contributed by atoms with van der Waals surface area (Å²) in [6.45, 7) is 12.4.